The highest BCUT2D eigenvalue weighted by Gasteiger charge is 2.14. The molecular formula is C30H19BO2. The van der Waals surface area contributed by atoms with Gasteiger partial charge in [0.05, 0.1) is 0 Å². The molecule has 0 bridgehead atoms. The number of benzene rings is 5. The number of furan rings is 2. The highest BCUT2D eigenvalue weighted by atomic mass is 16.3. The average molecular weight is 422 g/mol. The highest BCUT2D eigenvalue weighted by molar-refractivity contribution is 6.32. The first-order valence-corrected chi connectivity index (χ1v) is 11.2. The molecule has 0 N–H and O–H groups in total. The highest BCUT2D eigenvalue weighted by Crippen LogP contribution is 2.39. The Morgan fingerprint density at radius 1 is 0.455 bits per heavy atom. The van der Waals surface area contributed by atoms with E-state index in [-0.39, 0.29) is 0 Å². The van der Waals surface area contributed by atoms with Crippen LogP contribution in [0.3, 0.4) is 0 Å². The molecule has 7 rings (SSSR count). The van der Waals surface area contributed by atoms with Crippen molar-refractivity contribution < 1.29 is 8.83 Å². The van der Waals surface area contributed by atoms with E-state index < -0.39 is 0 Å². The lowest BCUT2D eigenvalue weighted by Gasteiger charge is -2.04. The summed E-state index contributed by atoms with van der Waals surface area (Å²) < 4.78 is 12.4. The van der Waals surface area contributed by atoms with Crippen LogP contribution in [0.2, 0.25) is 0 Å². The van der Waals surface area contributed by atoms with Crippen LogP contribution in [-0.2, 0) is 0 Å². The predicted molar refractivity (Wildman–Crippen MR) is 140 cm³/mol. The maximum Gasteiger partial charge on any atom is 0.143 e. The first-order chi connectivity index (χ1) is 16.2. The van der Waals surface area contributed by atoms with Gasteiger partial charge in [0.25, 0.3) is 0 Å². The SMILES string of the molecule is Bc1ccc(-c2ccc3oc4ccc(-c5cccc6c5oc5ccccc56)cc4c3c2)cc1. The van der Waals surface area contributed by atoms with Gasteiger partial charge in [0.2, 0.25) is 0 Å². The standard InChI is InChI=1S/C30H19BO2/c31-21-12-8-18(9-13-21)19-10-14-28-25(16-19)26-17-20(11-15-29(26)32-28)22-5-3-6-24-23-4-1-2-7-27(23)33-30(22)24/h1-17H,31H2. The molecule has 2 heterocycles. The van der Waals surface area contributed by atoms with Crippen molar-refractivity contribution in [2.45, 2.75) is 0 Å². The Kier molecular flexibility index (Phi) is 3.83. The van der Waals surface area contributed by atoms with Crippen LogP contribution in [0.5, 0.6) is 0 Å². The molecule has 5 aromatic carbocycles. The lowest BCUT2D eigenvalue weighted by Crippen LogP contribution is -1.98. The van der Waals surface area contributed by atoms with Crippen molar-refractivity contribution in [3.05, 3.63) is 103 Å². The average Bonchev–Trinajstić information content (AvgIpc) is 3.42. The van der Waals surface area contributed by atoms with E-state index in [2.05, 4.69) is 98.8 Å². The minimum absolute atomic E-state index is 0.895. The van der Waals surface area contributed by atoms with Gasteiger partial charge in [-0.2, -0.15) is 0 Å². The van der Waals surface area contributed by atoms with Crippen molar-refractivity contribution in [1.29, 1.82) is 0 Å². The van der Waals surface area contributed by atoms with Gasteiger partial charge in [-0.15, -0.1) is 0 Å². The molecule has 2 nitrogen and oxygen atoms in total. The topological polar surface area (TPSA) is 26.3 Å². The molecule has 0 aliphatic rings. The Labute approximate surface area is 191 Å². The van der Waals surface area contributed by atoms with Crippen LogP contribution >= 0.6 is 0 Å². The maximum absolute atomic E-state index is 6.28. The van der Waals surface area contributed by atoms with Gasteiger partial charge in [-0.1, -0.05) is 78.3 Å². The minimum Gasteiger partial charge on any atom is -0.456 e. The summed E-state index contributed by atoms with van der Waals surface area (Å²) in [5.74, 6) is 0. The Bertz CT molecular complexity index is 1820. The lowest BCUT2D eigenvalue weighted by atomic mass is 9.93. The quantitative estimate of drug-likeness (QED) is 0.278. The van der Waals surface area contributed by atoms with Gasteiger partial charge in [0.15, 0.2) is 0 Å². The van der Waals surface area contributed by atoms with Crippen molar-refractivity contribution in [3.63, 3.8) is 0 Å². The zero-order valence-electron chi connectivity index (χ0n) is 18.1. The zero-order valence-corrected chi connectivity index (χ0v) is 18.1. The van der Waals surface area contributed by atoms with Gasteiger partial charge in [0, 0.05) is 27.1 Å². The second-order valence-corrected chi connectivity index (χ2v) is 8.67. The molecule has 0 atom stereocenters. The van der Waals surface area contributed by atoms with Crippen molar-refractivity contribution >= 4 is 57.2 Å². The Hall–Kier alpha value is -4.24. The molecule has 33 heavy (non-hydrogen) atoms. The number of hydrogen-bond donors (Lipinski definition) is 0. The lowest BCUT2D eigenvalue weighted by molar-refractivity contribution is 0.668. The first kappa shape index (κ1) is 18.3. The van der Waals surface area contributed by atoms with E-state index in [9.17, 15) is 0 Å². The van der Waals surface area contributed by atoms with Gasteiger partial charge in [-0.25, -0.2) is 0 Å². The monoisotopic (exact) mass is 422 g/mol. The maximum atomic E-state index is 6.28. The molecule has 2 aromatic heterocycles. The van der Waals surface area contributed by atoms with E-state index >= 15 is 0 Å². The predicted octanol–water partition coefficient (Wildman–Crippen LogP) is 7.08. The van der Waals surface area contributed by atoms with Gasteiger partial charge in [-0.3, -0.25) is 0 Å². The van der Waals surface area contributed by atoms with Crippen molar-refractivity contribution in [2.24, 2.45) is 0 Å². The zero-order chi connectivity index (χ0) is 21.9. The van der Waals surface area contributed by atoms with Crippen molar-refractivity contribution in [1.82, 2.24) is 0 Å². The third-order valence-electron chi connectivity index (χ3n) is 6.57. The second-order valence-electron chi connectivity index (χ2n) is 8.67. The summed E-state index contributed by atoms with van der Waals surface area (Å²) in [6.45, 7) is 0. The fraction of sp³-hybridized carbons (Fsp3) is 0. The van der Waals surface area contributed by atoms with Gasteiger partial charge < -0.3 is 8.83 Å². The fourth-order valence-electron chi connectivity index (χ4n) is 4.84. The van der Waals surface area contributed by atoms with Crippen LogP contribution in [0.1, 0.15) is 0 Å². The van der Waals surface area contributed by atoms with E-state index in [4.69, 9.17) is 8.83 Å². The molecule has 154 valence electrons. The van der Waals surface area contributed by atoms with Crippen LogP contribution in [-0.4, -0.2) is 7.85 Å². The Balaban J connectivity index is 1.45. The second kappa shape index (κ2) is 6.88. The molecule has 0 fully saturated rings. The summed E-state index contributed by atoms with van der Waals surface area (Å²) in [5, 5.41) is 4.53. The summed E-state index contributed by atoms with van der Waals surface area (Å²) in [7, 11) is 2.11. The molecule has 0 aliphatic carbocycles. The molecular weight excluding hydrogens is 403 g/mol. The first-order valence-electron chi connectivity index (χ1n) is 11.2. The van der Waals surface area contributed by atoms with Crippen molar-refractivity contribution in [2.75, 3.05) is 0 Å². The molecule has 7 aromatic rings. The number of para-hydroxylation sites is 2. The molecule has 0 amide bonds. The van der Waals surface area contributed by atoms with Crippen LogP contribution in [0.25, 0.3) is 66.1 Å². The van der Waals surface area contributed by atoms with E-state index in [0.717, 1.165) is 55.0 Å². The van der Waals surface area contributed by atoms with E-state index in [1.54, 1.807) is 0 Å². The number of fused-ring (bicyclic) bond motifs is 6. The largest absolute Gasteiger partial charge is 0.456 e. The third-order valence-corrected chi connectivity index (χ3v) is 6.57. The number of hydrogen-bond acceptors (Lipinski definition) is 2. The smallest absolute Gasteiger partial charge is 0.143 e. The van der Waals surface area contributed by atoms with E-state index in [1.807, 2.05) is 12.1 Å². The van der Waals surface area contributed by atoms with Crippen LogP contribution < -0.4 is 5.46 Å². The van der Waals surface area contributed by atoms with Gasteiger partial charge in [-0.05, 0) is 47.0 Å². The van der Waals surface area contributed by atoms with Crippen LogP contribution in [0.15, 0.2) is 112 Å². The van der Waals surface area contributed by atoms with Crippen molar-refractivity contribution in [3.8, 4) is 22.3 Å². The summed E-state index contributed by atoms with van der Waals surface area (Å²) in [4.78, 5) is 0. The summed E-state index contributed by atoms with van der Waals surface area (Å²) in [6, 6.07) is 36.1. The molecule has 0 spiro atoms. The molecule has 0 radical (unpaired) electrons. The number of rotatable bonds is 2. The molecule has 0 saturated carbocycles. The molecule has 3 heteroatoms. The van der Waals surface area contributed by atoms with Gasteiger partial charge >= 0.3 is 0 Å². The van der Waals surface area contributed by atoms with E-state index in [1.165, 1.54) is 16.6 Å². The third kappa shape index (κ3) is 2.83. The molecule has 0 saturated heterocycles. The molecule has 0 aliphatic heterocycles. The fourth-order valence-corrected chi connectivity index (χ4v) is 4.84. The van der Waals surface area contributed by atoms with Gasteiger partial charge in [0.1, 0.15) is 30.2 Å². The summed E-state index contributed by atoms with van der Waals surface area (Å²) >= 11 is 0. The minimum atomic E-state index is 0.895. The van der Waals surface area contributed by atoms with Crippen LogP contribution in [0, 0.1) is 0 Å². The van der Waals surface area contributed by atoms with E-state index in [0.29, 0.717) is 0 Å². The molecule has 0 unspecified atom stereocenters. The normalized spacial score (nSPS) is 11.8. The van der Waals surface area contributed by atoms with Crippen LogP contribution in [0.4, 0.5) is 0 Å². The summed E-state index contributed by atoms with van der Waals surface area (Å²) in [6.07, 6.45) is 0. The Morgan fingerprint density at radius 3 is 1.91 bits per heavy atom. The Morgan fingerprint density at radius 2 is 1.09 bits per heavy atom. The summed E-state index contributed by atoms with van der Waals surface area (Å²) in [5.41, 5.74) is 9.51.